The summed E-state index contributed by atoms with van der Waals surface area (Å²) >= 11 is 0. The Kier molecular flexibility index (Phi) is 40.8. The number of aliphatic carboxylic acids is 2. The van der Waals surface area contributed by atoms with Gasteiger partial charge in [0.15, 0.2) is 0 Å². The third kappa shape index (κ3) is 45.4. The van der Waals surface area contributed by atoms with Crippen molar-refractivity contribution in [2.75, 3.05) is 0 Å². The van der Waals surface area contributed by atoms with Gasteiger partial charge >= 0.3 is 11.9 Å². The number of carboxylic acid groups (broad SMARTS) is 2. The first-order valence-corrected chi connectivity index (χ1v) is 15.3. The third-order valence-corrected chi connectivity index (χ3v) is 6.33. The van der Waals surface area contributed by atoms with Gasteiger partial charge < -0.3 is 10.2 Å². The monoisotopic (exact) mass is 572 g/mol. The van der Waals surface area contributed by atoms with Crippen molar-refractivity contribution in [1.82, 2.24) is 0 Å². The minimum atomic E-state index is -0.660. The van der Waals surface area contributed by atoms with E-state index in [0.717, 1.165) is 38.5 Å². The molecule has 0 rings (SSSR count). The van der Waals surface area contributed by atoms with Crippen molar-refractivity contribution in [2.45, 2.75) is 168 Å². The quantitative estimate of drug-likeness (QED) is 0.0613. The van der Waals surface area contributed by atoms with Gasteiger partial charge in [-0.1, -0.05) is 128 Å². The first-order valence-electron chi connectivity index (χ1n) is 15.3. The van der Waals surface area contributed by atoms with Gasteiger partial charge in [-0.2, -0.15) is 0 Å². The number of allylic oxidation sites excluding steroid dienone is 4. The number of hydrogen-bond acceptors (Lipinski definition) is 2. The van der Waals surface area contributed by atoms with Crippen LogP contribution in [-0.2, 0) is 29.1 Å². The van der Waals surface area contributed by atoms with Crippen molar-refractivity contribution in [3.63, 3.8) is 0 Å². The molecule has 5 heteroatoms. The Morgan fingerprint density at radius 1 is 0.432 bits per heavy atom. The maximum absolute atomic E-state index is 10.3. The molecule has 0 fully saturated rings. The van der Waals surface area contributed by atoms with Crippen molar-refractivity contribution in [1.29, 1.82) is 0 Å². The Bertz CT molecular complexity index is 471. The van der Waals surface area contributed by atoms with E-state index in [2.05, 4.69) is 38.2 Å². The van der Waals surface area contributed by atoms with Crippen LogP contribution in [0.1, 0.15) is 168 Å². The predicted octanol–water partition coefficient (Wildman–Crippen LogP) is 10.7. The van der Waals surface area contributed by atoms with Crippen LogP contribution in [0.3, 0.4) is 0 Å². The summed E-state index contributed by atoms with van der Waals surface area (Å²) in [6.45, 7) is 4.35. The van der Waals surface area contributed by atoms with E-state index in [9.17, 15) is 9.59 Å². The average Bonchev–Trinajstić information content (AvgIpc) is 2.85. The molecule has 214 valence electrons. The largest absolute Gasteiger partial charge is 0.481 e. The fourth-order valence-corrected chi connectivity index (χ4v) is 4.12. The Hall–Kier alpha value is -0.957. The number of carbonyl (C=O) groups is 2. The Morgan fingerprint density at radius 3 is 0.919 bits per heavy atom. The Morgan fingerprint density at radius 2 is 0.676 bits per heavy atom. The molecule has 0 spiro atoms. The van der Waals surface area contributed by atoms with Gasteiger partial charge in [-0.15, -0.1) is 0 Å². The van der Waals surface area contributed by atoms with Gasteiger partial charge in [-0.25, -0.2) is 0 Å². The summed E-state index contributed by atoms with van der Waals surface area (Å²) in [4.78, 5) is 20.6. The normalized spacial score (nSPS) is 10.9. The predicted molar refractivity (Wildman–Crippen MR) is 156 cm³/mol. The molecule has 0 bridgehead atoms. The summed E-state index contributed by atoms with van der Waals surface area (Å²) in [7, 11) is 0. The topological polar surface area (TPSA) is 74.6 Å². The van der Waals surface area contributed by atoms with E-state index in [0.29, 0.717) is 12.8 Å². The van der Waals surface area contributed by atoms with Crippen LogP contribution >= 0.6 is 0 Å². The van der Waals surface area contributed by atoms with Crippen LogP contribution in [0.4, 0.5) is 0 Å². The van der Waals surface area contributed by atoms with Crippen LogP contribution < -0.4 is 0 Å². The summed E-state index contributed by atoms with van der Waals surface area (Å²) in [5.74, 6) is -1.32. The van der Waals surface area contributed by atoms with Gasteiger partial charge in [0.2, 0.25) is 0 Å². The van der Waals surface area contributed by atoms with Crippen LogP contribution in [0.2, 0.25) is 0 Å². The molecular formula is C32H60O4Zn. The van der Waals surface area contributed by atoms with Crippen LogP contribution in [0, 0.1) is 0 Å². The van der Waals surface area contributed by atoms with Crippen LogP contribution in [-0.4, -0.2) is 22.2 Å². The number of unbranched alkanes of at least 4 members (excludes halogenated alkanes) is 18. The second kappa shape index (κ2) is 37.2. The molecule has 0 atom stereocenters. The van der Waals surface area contributed by atoms with Crippen LogP contribution in [0.5, 0.6) is 0 Å². The summed E-state index contributed by atoms with van der Waals surface area (Å²) in [6.07, 6.45) is 36.7. The molecule has 0 aromatic carbocycles. The Labute approximate surface area is 242 Å². The van der Waals surface area contributed by atoms with E-state index < -0.39 is 11.9 Å². The van der Waals surface area contributed by atoms with Gasteiger partial charge in [0, 0.05) is 32.3 Å². The molecule has 0 aromatic rings. The number of hydrogen-bond donors (Lipinski definition) is 2. The van der Waals surface area contributed by atoms with Gasteiger partial charge in [-0.05, 0) is 51.4 Å². The standard InChI is InChI=1S/2C16H30O2.Zn/c2*1-2-3-4-5-6-7-8-9-10-11-12-13-14-15-16(17)18;/h2*3-4H,2,5-15H2,1H3,(H,17,18);. The van der Waals surface area contributed by atoms with E-state index in [-0.39, 0.29) is 19.5 Å². The van der Waals surface area contributed by atoms with E-state index in [1.165, 1.54) is 103 Å². The molecule has 0 saturated heterocycles. The first-order chi connectivity index (χ1) is 17.5. The fourth-order valence-electron chi connectivity index (χ4n) is 4.12. The van der Waals surface area contributed by atoms with E-state index >= 15 is 0 Å². The van der Waals surface area contributed by atoms with E-state index in [4.69, 9.17) is 10.2 Å². The smallest absolute Gasteiger partial charge is 0.303 e. The van der Waals surface area contributed by atoms with E-state index in [1.54, 1.807) is 0 Å². The molecule has 0 unspecified atom stereocenters. The number of rotatable bonds is 26. The van der Waals surface area contributed by atoms with Crippen molar-refractivity contribution in [3.05, 3.63) is 24.3 Å². The summed E-state index contributed by atoms with van der Waals surface area (Å²) in [5, 5.41) is 17.0. The molecule has 0 radical (unpaired) electrons. The molecule has 0 heterocycles. The molecule has 0 saturated carbocycles. The minimum Gasteiger partial charge on any atom is -0.481 e. The van der Waals surface area contributed by atoms with Gasteiger partial charge in [0.05, 0.1) is 0 Å². The molecule has 0 aliphatic rings. The number of carboxylic acids is 2. The zero-order valence-electron chi connectivity index (χ0n) is 24.7. The van der Waals surface area contributed by atoms with Gasteiger partial charge in [0.25, 0.3) is 0 Å². The fraction of sp³-hybridized carbons (Fsp3) is 0.812. The molecule has 0 aliphatic heterocycles. The summed E-state index contributed by atoms with van der Waals surface area (Å²) < 4.78 is 0. The minimum absolute atomic E-state index is 0. The molecule has 0 aromatic heterocycles. The zero-order valence-corrected chi connectivity index (χ0v) is 27.7. The molecular weight excluding hydrogens is 514 g/mol. The maximum atomic E-state index is 10.3. The summed E-state index contributed by atoms with van der Waals surface area (Å²) in [6, 6.07) is 0. The molecule has 37 heavy (non-hydrogen) atoms. The SMILES string of the molecule is CCC=CCCCCCCCCCCCC(=O)O.CCC=CCCCCCCCCCCCC(=O)O.[Zn]. The van der Waals surface area contributed by atoms with Crippen LogP contribution in [0.15, 0.2) is 24.3 Å². The van der Waals surface area contributed by atoms with Crippen molar-refractivity contribution in [3.8, 4) is 0 Å². The first kappa shape index (κ1) is 40.5. The van der Waals surface area contributed by atoms with Crippen LogP contribution in [0.25, 0.3) is 0 Å². The van der Waals surface area contributed by atoms with Gasteiger partial charge in [0.1, 0.15) is 0 Å². The van der Waals surface area contributed by atoms with Crippen molar-refractivity contribution in [2.24, 2.45) is 0 Å². The molecule has 0 amide bonds. The second-order valence-corrected chi connectivity index (χ2v) is 9.99. The average molecular weight is 574 g/mol. The molecule has 4 nitrogen and oxygen atoms in total. The second-order valence-electron chi connectivity index (χ2n) is 9.99. The maximum Gasteiger partial charge on any atom is 0.303 e. The summed E-state index contributed by atoms with van der Waals surface area (Å²) in [5.41, 5.74) is 0. The molecule has 0 aliphatic carbocycles. The van der Waals surface area contributed by atoms with Crippen molar-refractivity contribution < 1.29 is 39.3 Å². The third-order valence-electron chi connectivity index (χ3n) is 6.33. The van der Waals surface area contributed by atoms with Crippen molar-refractivity contribution >= 4 is 11.9 Å². The Balaban J connectivity index is -0.000000608. The zero-order chi connectivity index (χ0) is 27.0. The molecule has 2 N–H and O–H groups in total. The van der Waals surface area contributed by atoms with E-state index in [1.807, 2.05) is 0 Å². The van der Waals surface area contributed by atoms with Gasteiger partial charge in [-0.3, -0.25) is 9.59 Å².